The Hall–Kier alpha value is -4.00. The van der Waals surface area contributed by atoms with E-state index in [1.165, 1.54) is 29.4 Å². The van der Waals surface area contributed by atoms with Gasteiger partial charge in [0.1, 0.15) is 6.61 Å². The third-order valence-corrected chi connectivity index (χ3v) is 7.31. The molecule has 1 saturated heterocycles. The number of hydrogen-bond acceptors (Lipinski definition) is 6. The summed E-state index contributed by atoms with van der Waals surface area (Å²) in [6.07, 6.45) is -0.286. The van der Waals surface area contributed by atoms with Gasteiger partial charge >= 0.3 is 12.1 Å². The number of carbonyl (C=O) groups is 2. The number of nitrogens with zero attached hydrogens (tertiary/aromatic N) is 2. The Balaban J connectivity index is 1.23. The van der Waals surface area contributed by atoms with Crippen molar-refractivity contribution in [1.29, 1.82) is 0 Å². The highest BCUT2D eigenvalue weighted by Gasteiger charge is 2.30. The number of rotatable bonds is 5. The summed E-state index contributed by atoms with van der Waals surface area (Å²) >= 11 is 0. The molecule has 1 amide bonds. The van der Waals surface area contributed by atoms with Crippen LogP contribution >= 0.6 is 0 Å². The number of hydrogen-bond donors (Lipinski definition) is 1. The minimum atomic E-state index is -0.358. The van der Waals surface area contributed by atoms with Crippen LogP contribution in [0, 0.1) is 6.92 Å². The number of benzene rings is 3. The van der Waals surface area contributed by atoms with Crippen LogP contribution < -0.4 is 10.2 Å². The zero-order valence-corrected chi connectivity index (χ0v) is 20.9. The molecule has 0 saturated carbocycles. The Labute approximate surface area is 211 Å². The van der Waals surface area contributed by atoms with Gasteiger partial charge in [0.15, 0.2) is 0 Å². The van der Waals surface area contributed by atoms with E-state index in [9.17, 15) is 9.59 Å². The summed E-state index contributed by atoms with van der Waals surface area (Å²) in [5, 5.41) is 3.16. The van der Waals surface area contributed by atoms with Crippen LogP contribution in [-0.4, -0.2) is 63.9 Å². The van der Waals surface area contributed by atoms with Gasteiger partial charge in [0.25, 0.3) is 0 Å². The molecule has 0 unspecified atom stereocenters. The van der Waals surface area contributed by atoms with E-state index in [1.54, 1.807) is 4.90 Å². The summed E-state index contributed by atoms with van der Waals surface area (Å²) in [5.41, 5.74) is 8.05. The molecule has 2 aliphatic rings. The molecule has 1 N–H and O–H groups in total. The maximum Gasteiger partial charge on any atom is 0.409 e. The van der Waals surface area contributed by atoms with Crippen molar-refractivity contribution in [2.45, 2.75) is 12.8 Å². The number of nitrogens with one attached hydrogen (secondary N) is 1. The van der Waals surface area contributed by atoms with Gasteiger partial charge in [-0.2, -0.15) is 0 Å². The first-order valence-electron chi connectivity index (χ1n) is 12.3. The van der Waals surface area contributed by atoms with E-state index in [4.69, 9.17) is 9.47 Å². The van der Waals surface area contributed by atoms with Gasteiger partial charge in [-0.25, -0.2) is 9.59 Å². The van der Waals surface area contributed by atoms with Crippen LogP contribution in [0.3, 0.4) is 0 Å². The van der Waals surface area contributed by atoms with Crippen LogP contribution in [0.1, 0.15) is 33.0 Å². The highest BCUT2D eigenvalue weighted by Crippen LogP contribution is 2.44. The predicted molar refractivity (Wildman–Crippen MR) is 141 cm³/mol. The smallest absolute Gasteiger partial charge is 0.409 e. The van der Waals surface area contributed by atoms with Crippen molar-refractivity contribution in [2.75, 3.05) is 57.2 Å². The number of carbonyl (C=O) groups excluding carboxylic acids is 2. The SMILES string of the molecule is CNc1cc(N2CCN(C(=O)OCC3c4ccccc4-c4ccccc43)CC2)cc(C(=O)OC)c1C. The van der Waals surface area contributed by atoms with E-state index in [-0.39, 0.29) is 18.0 Å². The Kier molecular flexibility index (Phi) is 6.55. The van der Waals surface area contributed by atoms with Crippen molar-refractivity contribution in [3.63, 3.8) is 0 Å². The molecule has 1 heterocycles. The summed E-state index contributed by atoms with van der Waals surface area (Å²) in [5.74, 6) is -0.310. The maximum absolute atomic E-state index is 13.0. The van der Waals surface area contributed by atoms with Crippen LogP contribution in [0.5, 0.6) is 0 Å². The molecule has 7 nitrogen and oxygen atoms in total. The highest BCUT2D eigenvalue weighted by atomic mass is 16.6. The summed E-state index contributed by atoms with van der Waals surface area (Å²) in [6, 6.07) is 20.6. The van der Waals surface area contributed by atoms with Gasteiger partial charge in [-0.3, -0.25) is 0 Å². The minimum absolute atomic E-state index is 0.0481. The van der Waals surface area contributed by atoms with E-state index < -0.39 is 0 Å². The Bertz CT molecular complexity index is 1250. The lowest BCUT2D eigenvalue weighted by atomic mass is 9.98. The number of anilines is 2. The molecule has 0 atom stereocenters. The largest absolute Gasteiger partial charge is 0.465 e. The fraction of sp³-hybridized carbons (Fsp3) is 0.310. The molecule has 1 aliphatic heterocycles. The second-order valence-corrected chi connectivity index (χ2v) is 9.19. The van der Waals surface area contributed by atoms with Crippen LogP contribution in [0.2, 0.25) is 0 Å². The Morgan fingerprint density at radius 1 is 0.944 bits per heavy atom. The highest BCUT2D eigenvalue weighted by molar-refractivity contribution is 5.94. The normalized spacial score (nSPS) is 14.8. The average Bonchev–Trinajstić information content (AvgIpc) is 3.25. The summed E-state index contributed by atoms with van der Waals surface area (Å²) in [4.78, 5) is 29.2. The van der Waals surface area contributed by atoms with Crippen molar-refractivity contribution < 1.29 is 19.1 Å². The van der Waals surface area contributed by atoms with Gasteiger partial charge < -0.3 is 24.6 Å². The first-order valence-corrected chi connectivity index (χ1v) is 12.3. The molecule has 1 aliphatic carbocycles. The molecule has 0 radical (unpaired) electrons. The van der Waals surface area contributed by atoms with E-state index in [1.807, 2.05) is 50.4 Å². The molecule has 7 heteroatoms. The molecule has 1 fully saturated rings. The van der Waals surface area contributed by atoms with Crippen molar-refractivity contribution in [2.24, 2.45) is 0 Å². The quantitative estimate of drug-likeness (QED) is 0.519. The van der Waals surface area contributed by atoms with E-state index in [0.717, 1.165) is 16.9 Å². The number of ether oxygens (including phenoxy) is 2. The van der Waals surface area contributed by atoms with Gasteiger partial charge in [-0.1, -0.05) is 48.5 Å². The molecule has 0 spiro atoms. The third-order valence-electron chi connectivity index (χ3n) is 7.31. The lowest BCUT2D eigenvalue weighted by molar-refractivity contribution is 0.0600. The van der Waals surface area contributed by atoms with Gasteiger partial charge in [0, 0.05) is 50.5 Å². The molecule has 3 aromatic rings. The van der Waals surface area contributed by atoms with Crippen LogP contribution in [0.4, 0.5) is 16.2 Å². The van der Waals surface area contributed by atoms with Crippen LogP contribution in [0.25, 0.3) is 11.1 Å². The maximum atomic E-state index is 13.0. The average molecular weight is 486 g/mol. The zero-order chi connectivity index (χ0) is 25.2. The number of piperazine rings is 1. The monoisotopic (exact) mass is 485 g/mol. The first kappa shape index (κ1) is 23.7. The third kappa shape index (κ3) is 4.26. The molecule has 5 rings (SSSR count). The molecular formula is C29H31N3O4. The second-order valence-electron chi connectivity index (χ2n) is 9.19. The minimum Gasteiger partial charge on any atom is -0.465 e. The molecular weight excluding hydrogens is 454 g/mol. The van der Waals surface area contributed by atoms with Crippen LogP contribution in [0.15, 0.2) is 60.7 Å². The summed E-state index contributed by atoms with van der Waals surface area (Å²) in [7, 11) is 3.23. The van der Waals surface area contributed by atoms with Gasteiger partial charge in [0.2, 0.25) is 0 Å². The van der Waals surface area contributed by atoms with Crippen molar-refractivity contribution >= 4 is 23.4 Å². The lowest BCUT2D eigenvalue weighted by Gasteiger charge is -2.36. The summed E-state index contributed by atoms with van der Waals surface area (Å²) < 4.78 is 10.8. The van der Waals surface area contributed by atoms with E-state index in [0.29, 0.717) is 38.3 Å². The Morgan fingerprint density at radius 3 is 2.14 bits per heavy atom. The molecule has 36 heavy (non-hydrogen) atoms. The molecule has 0 aromatic heterocycles. The van der Waals surface area contributed by atoms with E-state index in [2.05, 4.69) is 34.5 Å². The van der Waals surface area contributed by atoms with Crippen molar-refractivity contribution in [1.82, 2.24) is 4.90 Å². The summed E-state index contributed by atoms with van der Waals surface area (Å²) in [6.45, 7) is 4.62. The van der Waals surface area contributed by atoms with Gasteiger partial charge in [-0.15, -0.1) is 0 Å². The van der Waals surface area contributed by atoms with Gasteiger partial charge in [0.05, 0.1) is 12.7 Å². The van der Waals surface area contributed by atoms with E-state index >= 15 is 0 Å². The molecule has 186 valence electrons. The van der Waals surface area contributed by atoms with Crippen molar-refractivity contribution in [3.05, 3.63) is 82.9 Å². The fourth-order valence-electron chi connectivity index (χ4n) is 5.30. The molecule has 0 bridgehead atoms. The first-order chi connectivity index (χ1) is 17.5. The number of esters is 1. The lowest BCUT2D eigenvalue weighted by Crippen LogP contribution is -2.49. The number of amides is 1. The molecule has 3 aromatic carbocycles. The predicted octanol–water partition coefficient (Wildman–Crippen LogP) is 4.89. The second kappa shape index (κ2) is 9.93. The topological polar surface area (TPSA) is 71.1 Å². The standard InChI is InChI=1S/C29H31N3O4/c1-19-25(28(33)35-3)16-20(17-27(19)30-2)31-12-14-32(15-13-31)29(34)36-18-26-23-10-6-4-8-21(23)22-9-5-7-11-24(22)26/h4-11,16-17,26,30H,12-15,18H2,1-3H3. The number of fused-ring (bicyclic) bond motifs is 3. The van der Waals surface area contributed by atoms with Crippen molar-refractivity contribution in [3.8, 4) is 11.1 Å². The number of methoxy groups -OCH3 is 1. The Morgan fingerprint density at radius 2 is 1.56 bits per heavy atom. The van der Waals surface area contributed by atoms with Gasteiger partial charge in [-0.05, 0) is 46.9 Å². The van der Waals surface area contributed by atoms with Crippen LogP contribution in [-0.2, 0) is 9.47 Å². The zero-order valence-electron chi connectivity index (χ0n) is 20.9. The fourth-order valence-corrected chi connectivity index (χ4v) is 5.30.